The molecule has 0 saturated heterocycles. The second-order valence-corrected chi connectivity index (χ2v) is 9.23. The third-order valence-electron chi connectivity index (χ3n) is 5.69. The second kappa shape index (κ2) is 12.1. The topological polar surface area (TPSA) is 41.9 Å². The van der Waals surface area contributed by atoms with Crippen LogP contribution in [0.3, 0.4) is 0 Å². The molecule has 186 valence electrons. The van der Waals surface area contributed by atoms with Crippen molar-refractivity contribution < 1.29 is 18.9 Å². The molecule has 0 fully saturated rings. The Morgan fingerprint density at radius 3 is 1.69 bits per heavy atom. The van der Waals surface area contributed by atoms with Gasteiger partial charge in [-0.05, 0) is 77.3 Å². The fourth-order valence-electron chi connectivity index (χ4n) is 4.07. The van der Waals surface area contributed by atoms with Crippen LogP contribution in [-0.4, -0.2) is 32.4 Å². The molecule has 0 atom stereocenters. The fraction of sp³-hybridized carbons (Fsp3) is 0.200. The van der Waals surface area contributed by atoms with Crippen molar-refractivity contribution in [3.63, 3.8) is 0 Å². The van der Waals surface area contributed by atoms with E-state index in [1.807, 2.05) is 31.2 Å². The average molecular weight is 548 g/mol. The number of fused-ring (bicyclic) bond motifs is 3. The zero-order chi connectivity index (χ0) is 25.5. The molecule has 1 aromatic heterocycles. The lowest BCUT2D eigenvalue weighted by Crippen LogP contribution is -2.04. The van der Waals surface area contributed by atoms with E-state index in [1.165, 1.54) is 32.9 Å². The minimum absolute atomic E-state index is 0.229. The number of hydrogen-bond acceptors (Lipinski definition) is 4. The van der Waals surface area contributed by atoms with Crippen molar-refractivity contribution in [3.8, 4) is 17.2 Å². The summed E-state index contributed by atoms with van der Waals surface area (Å²) in [5.41, 5.74) is 5.77. The van der Waals surface area contributed by atoms with E-state index in [0.29, 0.717) is 0 Å². The van der Waals surface area contributed by atoms with Gasteiger partial charge in [-0.25, -0.2) is 0 Å². The van der Waals surface area contributed by atoms with Crippen molar-refractivity contribution >= 4 is 37.7 Å². The van der Waals surface area contributed by atoms with Crippen molar-refractivity contribution in [1.29, 1.82) is 0 Å². The highest BCUT2D eigenvalue weighted by atomic mass is 79.9. The molecular formula is C30H30BrNO4. The molecule has 0 saturated carbocycles. The lowest BCUT2D eigenvalue weighted by atomic mass is 10.2. The molecule has 4 aromatic carbocycles. The Bertz CT molecular complexity index is 1410. The molecule has 36 heavy (non-hydrogen) atoms. The summed E-state index contributed by atoms with van der Waals surface area (Å²) in [6.07, 6.45) is 0. The molecule has 0 bridgehead atoms. The van der Waals surface area contributed by atoms with Gasteiger partial charge < -0.3 is 23.5 Å². The zero-order valence-electron chi connectivity index (χ0n) is 21.0. The Morgan fingerprint density at radius 2 is 1.14 bits per heavy atom. The van der Waals surface area contributed by atoms with Gasteiger partial charge in [0.1, 0.15) is 11.5 Å². The maximum absolute atomic E-state index is 5.82. The maximum Gasteiger partial charge on any atom is 0.188 e. The Labute approximate surface area is 220 Å². The van der Waals surface area contributed by atoms with E-state index in [0.717, 1.165) is 21.7 Å². The van der Waals surface area contributed by atoms with Gasteiger partial charge in [-0.3, -0.25) is 0 Å². The van der Waals surface area contributed by atoms with Crippen molar-refractivity contribution in [2.45, 2.75) is 13.8 Å². The van der Waals surface area contributed by atoms with Crippen LogP contribution in [0.4, 0.5) is 0 Å². The average Bonchev–Trinajstić information content (AvgIpc) is 3.22. The number of nitrogens with zero attached hydrogens (tertiary/aromatic N) is 1. The number of rotatable bonds is 7. The summed E-state index contributed by atoms with van der Waals surface area (Å²) in [6, 6.07) is 29.1. The summed E-state index contributed by atoms with van der Waals surface area (Å²) in [6.45, 7) is 4.64. The first kappa shape index (κ1) is 25.8. The molecule has 5 rings (SSSR count). The summed E-state index contributed by atoms with van der Waals surface area (Å²) >= 11 is 3.40. The zero-order valence-corrected chi connectivity index (χ0v) is 22.5. The van der Waals surface area contributed by atoms with Crippen LogP contribution in [0.5, 0.6) is 11.5 Å². The first-order valence-electron chi connectivity index (χ1n) is 11.6. The Hall–Kier alpha value is -3.32. The minimum atomic E-state index is 0.229. The van der Waals surface area contributed by atoms with Gasteiger partial charge in [-0.15, -0.1) is 0 Å². The molecule has 6 heteroatoms. The second-order valence-electron chi connectivity index (χ2n) is 8.38. The predicted molar refractivity (Wildman–Crippen MR) is 149 cm³/mol. The van der Waals surface area contributed by atoms with Crippen LogP contribution in [-0.2, 0) is 9.47 Å². The van der Waals surface area contributed by atoms with Crippen LogP contribution in [0.1, 0.15) is 11.1 Å². The first-order chi connectivity index (χ1) is 17.5. The van der Waals surface area contributed by atoms with Crippen LogP contribution in [0.15, 0.2) is 89.4 Å². The van der Waals surface area contributed by atoms with Crippen molar-refractivity contribution in [3.05, 3.63) is 101 Å². The Morgan fingerprint density at radius 1 is 0.639 bits per heavy atom. The van der Waals surface area contributed by atoms with Crippen molar-refractivity contribution in [1.82, 2.24) is 4.57 Å². The molecule has 5 aromatic rings. The fourth-order valence-corrected chi connectivity index (χ4v) is 4.68. The maximum atomic E-state index is 5.82. The molecule has 0 radical (unpaired) electrons. The molecule has 0 unspecified atom stereocenters. The van der Waals surface area contributed by atoms with Gasteiger partial charge in [0.25, 0.3) is 0 Å². The van der Waals surface area contributed by atoms with Crippen LogP contribution < -0.4 is 9.47 Å². The minimum Gasteiger partial charge on any atom is -0.466 e. The van der Waals surface area contributed by atoms with Crippen LogP contribution in [0.2, 0.25) is 0 Å². The lowest BCUT2D eigenvalue weighted by Gasteiger charge is -2.15. The van der Waals surface area contributed by atoms with Gasteiger partial charge in [-0.1, -0.05) is 48.5 Å². The molecule has 1 heterocycles. The van der Waals surface area contributed by atoms with Crippen LogP contribution in [0.25, 0.3) is 27.5 Å². The summed E-state index contributed by atoms with van der Waals surface area (Å²) in [7, 11) is 3.23. The number of benzene rings is 4. The number of ether oxygens (including phenoxy) is 4. The van der Waals surface area contributed by atoms with Gasteiger partial charge in [-0.2, -0.15) is 0 Å². The summed E-state index contributed by atoms with van der Waals surface area (Å²) < 4.78 is 24.2. The first-order valence-corrected chi connectivity index (χ1v) is 12.4. The summed E-state index contributed by atoms with van der Waals surface area (Å²) in [5.74, 6) is 1.62. The number of methoxy groups -OCH3 is 2. The number of para-hydroxylation sites is 2. The summed E-state index contributed by atoms with van der Waals surface area (Å²) in [5, 5.41) is 2.49. The molecule has 0 spiro atoms. The smallest absolute Gasteiger partial charge is 0.188 e. The third kappa shape index (κ3) is 5.73. The van der Waals surface area contributed by atoms with Crippen molar-refractivity contribution in [2.24, 2.45) is 0 Å². The van der Waals surface area contributed by atoms with E-state index >= 15 is 0 Å². The Kier molecular flexibility index (Phi) is 8.65. The highest BCUT2D eigenvalue weighted by Crippen LogP contribution is 2.35. The number of aryl methyl sites for hydroxylation is 2. The molecule has 0 aliphatic carbocycles. The van der Waals surface area contributed by atoms with E-state index < -0.39 is 0 Å². The van der Waals surface area contributed by atoms with Gasteiger partial charge >= 0.3 is 0 Å². The van der Waals surface area contributed by atoms with Crippen LogP contribution >= 0.6 is 15.9 Å². The number of halogens is 1. The van der Waals surface area contributed by atoms with E-state index in [4.69, 9.17) is 18.9 Å². The standard InChI is InChI=1S/C21H19NO2.C9H11BrO2/c1-15-11-12-21(24-14-23-2)20(13-15)22-18-9-5-3-7-16(18)17-8-4-6-10-19(17)22;1-7-3-4-9(8(10)5-7)12-6-11-2/h3-13H,14H2,1-2H3;3-5H,6H2,1-2H3. The van der Waals surface area contributed by atoms with Gasteiger partial charge in [0.15, 0.2) is 13.6 Å². The van der Waals surface area contributed by atoms with Crippen molar-refractivity contribution in [2.75, 3.05) is 27.8 Å². The molecule has 0 N–H and O–H groups in total. The van der Waals surface area contributed by atoms with Gasteiger partial charge in [0, 0.05) is 25.0 Å². The number of aromatic nitrogens is 1. The quantitative estimate of drug-likeness (QED) is 0.195. The Balaban J connectivity index is 0.000000214. The van der Waals surface area contributed by atoms with E-state index in [-0.39, 0.29) is 13.6 Å². The van der Waals surface area contributed by atoms with Gasteiger partial charge in [0.05, 0.1) is 21.2 Å². The van der Waals surface area contributed by atoms with Crippen LogP contribution in [0, 0.1) is 13.8 Å². The monoisotopic (exact) mass is 547 g/mol. The molecule has 0 aliphatic rings. The van der Waals surface area contributed by atoms with E-state index in [1.54, 1.807) is 14.2 Å². The molecule has 0 amide bonds. The lowest BCUT2D eigenvalue weighted by molar-refractivity contribution is 0.0505. The number of hydrogen-bond donors (Lipinski definition) is 0. The normalized spacial score (nSPS) is 10.8. The SMILES string of the molecule is COCOc1ccc(C)cc1-n1c2ccccc2c2ccccc21.COCOc1ccc(C)cc1Br. The third-order valence-corrected chi connectivity index (χ3v) is 6.31. The summed E-state index contributed by atoms with van der Waals surface area (Å²) in [4.78, 5) is 0. The highest BCUT2D eigenvalue weighted by Gasteiger charge is 2.15. The largest absolute Gasteiger partial charge is 0.466 e. The highest BCUT2D eigenvalue weighted by molar-refractivity contribution is 9.10. The molecule has 5 nitrogen and oxygen atoms in total. The molecular weight excluding hydrogens is 518 g/mol. The van der Waals surface area contributed by atoms with Gasteiger partial charge in [0.2, 0.25) is 0 Å². The predicted octanol–water partition coefficient (Wildman–Crippen LogP) is 7.82. The molecule has 0 aliphatic heterocycles. The van der Waals surface area contributed by atoms with E-state index in [9.17, 15) is 0 Å². The van der Waals surface area contributed by atoms with E-state index in [2.05, 4.69) is 88.1 Å².